The third kappa shape index (κ3) is 3.83. The van der Waals surface area contributed by atoms with Gasteiger partial charge in [-0.3, -0.25) is 0 Å². The summed E-state index contributed by atoms with van der Waals surface area (Å²) in [4.78, 5) is 16.3. The van der Waals surface area contributed by atoms with Gasteiger partial charge in [0.05, 0.1) is 13.7 Å². The first kappa shape index (κ1) is 17.0. The van der Waals surface area contributed by atoms with Gasteiger partial charge in [-0.1, -0.05) is 17.7 Å². The van der Waals surface area contributed by atoms with Crippen molar-refractivity contribution >= 4 is 29.5 Å². The van der Waals surface area contributed by atoms with Gasteiger partial charge in [0.1, 0.15) is 0 Å². The lowest BCUT2D eigenvalue weighted by Gasteiger charge is -2.09. The number of ether oxygens (including phenoxy) is 3. The Kier molecular flexibility index (Phi) is 5.05. The number of benzene rings is 2. The van der Waals surface area contributed by atoms with Gasteiger partial charge in [0.25, 0.3) is 0 Å². The zero-order chi connectivity index (χ0) is 17.8. The largest absolute Gasteiger partial charge is 0.493 e. The number of hydrogen-bond acceptors (Lipinski definition) is 5. The van der Waals surface area contributed by atoms with E-state index in [1.165, 1.54) is 0 Å². The Balaban J connectivity index is 1.90. The van der Waals surface area contributed by atoms with Gasteiger partial charge in [0, 0.05) is 10.6 Å². The summed E-state index contributed by atoms with van der Waals surface area (Å²) in [6.07, 6.45) is 1.64. The molecule has 0 bridgehead atoms. The second-order valence-corrected chi connectivity index (χ2v) is 5.62. The molecule has 1 aliphatic heterocycles. The number of rotatable bonds is 5. The molecule has 0 N–H and O–H groups in total. The minimum absolute atomic E-state index is 0.219. The average Bonchev–Trinajstić information content (AvgIpc) is 2.97. The van der Waals surface area contributed by atoms with Crippen molar-refractivity contribution in [2.24, 2.45) is 4.99 Å². The van der Waals surface area contributed by atoms with Crippen LogP contribution in [-0.2, 0) is 9.53 Å². The van der Waals surface area contributed by atoms with Gasteiger partial charge < -0.3 is 14.2 Å². The summed E-state index contributed by atoms with van der Waals surface area (Å²) >= 11 is 5.87. The zero-order valence-corrected chi connectivity index (χ0v) is 14.5. The van der Waals surface area contributed by atoms with Crippen molar-refractivity contribution in [2.75, 3.05) is 13.7 Å². The van der Waals surface area contributed by atoms with Gasteiger partial charge in [0.15, 0.2) is 17.2 Å². The van der Waals surface area contributed by atoms with Gasteiger partial charge in [-0.2, -0.15) is 0 Å². The zero-order valence-electron chi connectivity index (χ0n) is 13.8. The highest BCUT2D eigenvalue weighted by Crippen LogP contribution is 2.29. The first-order valence-electron chi connectivity index (χ1n) is 7.70. The molecule has 2 aromatic rings. The lowest BCUT2D eigenvalue weighted by Crippen LogP contribution is -2.05. The predicted octanol–water partition coefficient (Wildman–Crippen LogP) is 4.09. The predicted molar refractivity (Wildman–Crippen MR) is 96.2 cm³/mol. The molecule has 0 fully saturated rings. The van der Waals surface area contributed by atoms with Crippen LogP contribution in [-0.4, -0.2) is 25.6 Å². The van der Waals surface area contributed by atoms with Crippen molar-refractivity contribution in [3.8, 4) is 11.5 Å². The molecule has 0 unspecified atom stereocenters. The summed E-state index contributed by atoms with van der Waals surface area (Å²) in [6.45, 7) is 2.44. The van der Waals surface area contributed by atoms with Crippen molar-refractivity contribution in [3.05, 3.63) is 64.3 Å². The summed E-state index contributed by atoms with van der Waals surface area (Å²) in [5.41, 5.74) is 1.66. The second kappa shape index (κ2) is 7.40. The van der Waals surface area contributed by atoms with E-state index in [2.05, 4.69) is 4.99 Å². The average molecular weight is 358 g/mol. The van der Waals surface area contributed by atoms with Gasteiger partial charge in [0.2, 0.25) is 5.90 Å². The molecule has 0 saturated carbocycles. The number of esters is 1. The Morgan fingerprint density at radius 3 is 2.60 bits per heavy atom. The Labute approximate surface area is 150 Å². The Bertz CT molecular complexity index is 856. The van der Waals surface area contributed by atoms with E-state index in [4.69, 9.17) is 25.8 Å². The molecule has 0 spiro atoms. The number of nitrogens with zero attached hydrogens (tertiary/aromatic N) is 1. The summed E-state index contributed by atoms with van der Waals surface area (Å²) in [6, 6.07) is 12.3. The quantitative estimate of drug-likeness (QED) is 0.597. The number of hydrogen-bond donors (Lipinski definition) is 0. The van der Waals surface area contributed by atoms with Crippen LogP contribution in [0.1, 0.15) is 18.1 Å². The molecule has 0 aliphatic carbocycles. The molecule has 0 amide bonds. The lowest BCUT2D eigenvalue weighted by molar-refractivity contribution is -0.129. The van der Waals surface area contributed by atoms with Crippen LogP contribution in [0.15, 0.2) is 53.2 Å². The number of halogens is 1. The van der Waals surface area contributed by atoms with Crippen LogP contribution in [0, 0.1) is 0 Å². The van der Waals surface area contributed by atoms with Crippen molar-refractivity contribution in [3.63, 3.8) is 0 Å². The minimum atomic E-state index is -0.502. The Morgan fingerprint density at radius 1 is 1.16 bits per heavy atom. The summed E-state index contributed by atoms with van der Waals surface area (Å²) in [5.74, 6) is 0.986. The third-order valence-electron chi connectivity index (χ3n) is 3.50. The van der Waals surface area contributed by atoms with Crippen LogP contribution in [0.4, 0.5) is 0 Å². The van der Waals surface area contributed by atoms with Gasteiger partial charge in [-0.25, -0.2) is 9.79 Å². The molecule has 25 heavy (non-hydrogen) atoms. The third-order valence-corrected chi connectivity index (χ3v) is 3.75. The molecule has 0 saturated heterocycles. The normalized spacial score (nSPS) is 15.1. The standard InChI is InChI=1S/C19H16ClNO4/c1-3-24-16-9-4-12(11-17(16)23-2)10-15-19(22)25-18(21-15)13-5-7-14(20)8-6-13/h4-11H,3H2,1-2H3/b15-10+. The van der Waals surface area contributed by atoms with Crippen molar-refractivity contribution < 1.29 is 19.0 Å². The SMILES string of the molecule is CCOc1ccc(/C=C2/N=C(c3ccc(Cl)cc3)OC2=O)cc1OC. The molecule has 128 valence electrons. The number of carbonyl (C=O) groups excluding carboxylic acids is 1. The van der Waals surface area contributed by atoms with E-state index in [9.17, 15) is 4.79 Å². The maximum absolute atomic E-state index is 12.1. The fourth-order valence-electron chi connectivity index (χ4n) is 2.33. The molecule has 1 aliphatic rings. The summed E-state index contributed by atoms with van der Waals surface area (Å²) < 4.78 is 16.0. The molecular formula is C19H16ClNO4. The molecule has 1 heterocycles. The van der Waals surface area contributed by atoms with E-state index in [1.54, 1.807) is 49.6 Å². The fourth-order valence-corrected chi connectivity index (χ4v) is 2.46. The molecule has 2 aromatic carbocycles. The topological polar surface area (TPSA) is 57.1 Å². The highest BCUT2D eigenvalue weighted by Gasteiger charge is 2.24. The maximum Gasteiger partial charge on any atom is 0.363 e. The number of methoxy groups -OCH3 is 1. The van der Waals surface area contributed by atoms with E-state index in [1.807, 2.05) is 13.0 Å². The van der Waals surface area contributed by atoms with E-state index in [-0.39, 0.29) is 11.6 Å². The van der Waals surface area contributed by atoms with Gasteiger partial charge in [-0.05, 0) is 55.0 Å². The van der Waals surface area contributed by atoms with E-state index < -0.39 is 5.97 Å². The Morgan fingerprint density at radius 2 is 1.92 bits per heavy atom. The first-order chi connectivity index (χ1) is 12.1. The highest BCUT2D eigenvalue weighted by atomic mass is 35.5. The maximum atomic E-state index is 12.1. The second-order valence-electron chi connectivity index (χ2n) is 5.19. The molecular weight excluding hydrogens is 342 g/mol. The van der Waals surface area contributed by atoms with E-state index in [0.29, 0.717) is 28.7 Å². The summed E-state index contributed by atoms with van der Waals surface area (Å²) in [5, 5.41) is 0.603. The monoisotopic (exact) mass is 357 g/mol. The van der Waals surface area contributed by atoms with E-state index >= 15 is 0 Å². The van der Waals surface area contributed by atoms with E-state index in [0.717, 1.165) is 5.56 Å². The number of aliphatic imine (C=N–C) groups is 1. The number of cyclic esters (lactones) is 1. The van der Waals surface area contributed by atoms with Crippen LogP contribution in [0.3, 0.4) is 0 Å². The Hall–Kier alpha value is -2.79. The molecule has 0 radical (unpaired) electrons. The van der Waals surface area contributed by atoms with Crippen molar-refractivity contribution in [1.29, 1.82) is 0 Å². The van der Waals surface area contributed by atoms with Crippen LogP contribution < -0.4 is 9.47 Å². The van der Waals surface area contributed by atoms with Crippen molar-refractivity contribution in [2.45, 2.75) is 6.92 Å². The molecule has 5 nitrogen and oxygen atoms in total. The minimum Gasteiger partial charge on any atom is -0.493 e. The van der Waals surface area contributed by atoms with Gasteiger partial charge >= 0.3 is 5.97 Å². The van der Waals surface area contributed by atoms with Crippen LogP contribution in [0.25, 0.3) is 6.08 Å². The lowest BCUT2D eigenvalue weighted by atomic mass is 10.1. The molecule has 0 atom stereocenters. The van der Waals surface area contributed by atoms with Crippen molar-refractivity contribution in [1.82, 2.24) is 0 Å². The first-order valence-corrected chi connectivity index (χ1v) is 8.08. The summed E-state index contributed by atoms with van der Waals surface area (Å²) in [7, 11) is 1.56. The van der Waals surface area contributed by atoms with Gasteiger partial charge in [-0.15, -0.1) is 0 Å². The smallest absolute Gasteiger partial charge is 0.363 e. The van der Waals surface area contributed by atoms with Crippen LogP contribution in [0.2, 0.25) is 5.02 Å². The van der Waals surface area contributed by atoms with Crippen LogP contribution in [0.5, 0.6) is 11.5 Å². The highest BCUT2D eigenvalue weighted by molar-refractivity contribution is 6.30. The fraction of sp³-hybridized carbons (Fsp3) is 0.158. The molecule has 0 aromatic heterocycles. The van der Waals surface area contributed by atoms with Crippen LogP contribution >= 0.6 is 11.6 Å². The molecule has 3 rings (SSSR count). The molecule has 6 heteroatoms. The number of carbonyl (C=O) groups is 1.